The fourth-order valence-corrected chi connectivity index (χ4v) is 7.40. The molecule has 1 aliphatic heterocycles. The number of unbranched alkanes of at least 4 members (excludes halogenated alkanes) is 1. The van der Waals surface area contributed by atoms with E-state index in [1.165, 1.54) is 40.0 Å². The molecule has 17 heteroatoms. The lowest BCUT2D eigenvalue weighted by atomic mass is 9.84. The lowest BCUT2D eigenvalue weighted by molar-refractivity contribution is -0.142. The molecule has 6 amide bonds. The van der Waals surface area contributed by atoms with Crippen molar-refractivity contribution in [3.63, 3.8) is 0 Å². The van der Waals surface area contributed by atoms with E-state index in [-0.39, 0.29) is 42.9 Å². The molecule has 2 unspecified atom stereocenters. The number of carbonyl (C=O) groups excluding carboxylic acids is 6. The van der Waals surface area contributed by atoms with Crippen LogP contribution in [0, 0.1) is 17.2 Å². The van der Waals surface area contributed by atoms with E-state index < -0.39 is 59.2 Å². The first-order valence-electron chi connectivity index (χ1n) is 19.2. The van der Waals surface area contributed by atoms with Crippen molar-refractivity contribution in [2.75, 3.05) is 13.1 Å². The van der Waals surface area contributed by atoms with Gasteiger partial charge in [0.05, 0.1) is 35.6 Å². The number of aromatic nitrogens is 3. The van der Waals surface area contributed by atoms with Crippen LogP contribution in [0.3, 0.4) is 0 Å². The highest BCUT2D eigenvalue weighted by Crippen LogP contribution is 2.33. The van der Waals surface area contributed by atoms with Crippen LogP contribution >= 0.6 is 0 Å². The molecule has 2 saturated carbocycles. The van der Waals surface area contributed by atoms with Gasteiger partial charge in [-0.25, -0.2) is 9.48 Å². The number of primary amides is 1. The minimum atomic E-state index is -1.36. The third-order valence-electron chi connectivity index (χ3n) is 10.6. The number of nitriles is 1. The number of likely N-dealkylation sites (tertiary alicyclic amines) is 1. The van der Waals surface area contributed by atoms with Gasteiger partial charge in [-0.05, 0) is 82.6 Å². The van der Waals surface area contributed by atoms with E-state index in [1.807, 2.05) is 6.07 Å². The Kier molecular flexibility index (Phi) is 13.6. The fourth-order valence-electron chi connectivity index (χ4n) is 7.40. The number of carbonyl (C=O) groups is 6. The summed E-state index contributed by atoms with van der Waals surface area (Å²) in [5.74, 6) is -3.78. The summed E-state index contributed by atoms with van der Waals surface area (Å²) in [6, 6.07) is 3.91. The van der Waals surface area contributed by atoms with E-state index in [2.05, 4.69) is 31.6 Å². The molecule has 4 atom stereocenters. The van der Waals surface area contributed by atoms with E-state index in [1.54, 1.807) is 13.8 Å². The molecule has 0 bridgehead atoms. The van der Waals surface area contributed by atoms with Gasteiger partial charge in [0.2, 0.25) is 17.6 Å². The molecule has 55 heavy (non-hydrogen) atoms. The smallest absolute Gasteiger partial charge is 0.315 e. The highest BCUT2D eigenvalue weighted by atomic mass is 16.3. The summed E-state index contributed by atoms with van der Waals surface area (Å²) in [6.07, 6.45) is 9.40. The first-order valence-corrected chi connectivity index (χ1v) is 19.2. The van der Waals surface area contributed by atoms with Gasteiger partial charge < -0.3 is 37.0 Å². The fraction of sp³-hybridized carbons (Fsp3) is 0.605. The third-order valence-corrected chi connectivity index (χ3v) is 10.6. The van der Waals surface area contributed by atoms with E-state index in [0.717, 1.165) is 44.9 Å². The summed E-state index contributed by atoms with van der Waals surface area (Å²) in [5, 5.41) is 39.4. The minimum absolute atomic E-state index is 0.0275. The molecule has 296 valence electrons. The summed E-state index contributed by atoms with van der Waals surface area (Å²) in [4.78, 5) is 80.9. The number of benzene rings is 1. The van der Waals surface area contributed by atoms with Gasteiger partial charge >= 0.3 is 6.03 Å². The number of ketones is 1. The molecule has 1 saturated heterocycles. The average molecular weight is 761 g/mol. The molecule has 3 aliphatic rings. The maximum absolute atomic E-state index is 14.7. The molecule has 0 spiro atoms. The van der Waals surface area contributed by atoms with E-state index >= 15 is 0 Å². The van der Waals surface area contributed by atoms with Crippen molar-refractivity contribution in [1.82, 2.24) is 41.2 Å². The Balaban J connectivity index is 1.37. The number of amides is 6. The number of aliphatic hydroxyl groups is 1. The van der Waals surface area contributed by atoms with E-state index in [4.69, 9.17) is 5.73 Å². The zero-order chi connectivity index (χ0) is 39.7. The van der Waals surface area contributed by atoms with Gasteiger partial charge in [0.15, 0.2) is 0 Å². The van der Waals surface area contributed by atoms with Gasteiger partial charge in [-0.2, -0.15) is 5.26 Å². The minimum Gasteiger partial charge on any atom is -0.384 e. The lowest BCUT2D eigenvalue weighted by Crippen LogP contribution is -2.56. The second-order valence-corrected chi connectivity index (χ2v) is 15.4. The molecule has 1 aromatic heterocycles. The number of nitrogens with one attached hydrogen (secondary N) is 4. The zero-order valence-corrected chi connectivity index (χ0v) is 31.5. The second kappa shape index (κ2) is 18.3. The van der Waals surface area contributed by atoms with Crippen molar-refractivity contribution in [1.29, 1.82) is 5.26 Å². The van der Waals surface area contributed by atoms with Crippen LogP contribution in [0.5, 0.6) is 0 Å². The monoisotopic (exact) mass is 760 g/mol. The van der Waals surface area contributed by atoms with Crippen molar-refractivity contribution in [2.24, 2.45) is 11.7 Å². The van der Waals surface area contributed by atoms with Gasteiger partial charge in [0.25, 0.3) is 11.8 Å². The molecule has 7 N–H and O–H groups in total. The summed E-state index contributed by atoms with van der Waals surface area (Å²) in [7, 11) is 0. The topological polar surface area (TPSA) is 255 Å². The third kappa shape index (κ3) is 11.1. The molecule has 1 aromatic carbocycles. The van der Waals surface area contributed by atoms with Crippen LogP contribution in [0.15, 0.2) is 30.5 Å². The standard InChI is InChI=1S/C38H52N10O7/c1-38(2,55)31-21-42-46-48(31)27-19-30(35(52)44-28(32(49)33(40)50)10-6-7-17-41-37(54)43-26-15-16-26)47(22-27)36(53)29(18-23-8-4-3-5-9-23)45-34(51)25-13-11-24(20-39)12-14-25/h11-14,21,23,26-30,55H,3-10,15-19,22H2,1-2H3,(H2,40,50)(H,44,52)(H,45,51)(H2,41,43,54)/t27-,28?,29?,30-/m0/s1. The Morgan fingerprint density at radius 2 is 1.71 bits per heavy atom. The van der Waals surface area contributed by atoms with Crippen molar-refractivity contribution in [3.8, 4) is 6.07 Å². The Morgan fingerprint density at radius 1 is 1.00 bits per heavy atom. The molecule has 2 aromatic rings. The predicted octanol–water partition coefficient (Wildman–Crippen LogP) is 1.46. The van der Waals surface area contributed by atoms with Gasteiger partial charge in [-0.3, -0.25) is 24.0 Å². The van der Waals surface area contributed by atoms with Gasteiger partial charge in [0.1, 0.15) is 17.7 Å². The summed E-state index contributed by atoms with van der Waals surface area (Å²) >= 11 is 0. The molecular weight excluding hydrogens is 708 g/mol. The number of urea groups is 1. The zero-order valence-electron chi connectivity index (χ0n) is 31.5. The molecule has 2 aliphatic carbocycles. The van der Waals surface area contributed by atoms with Gasteiger partial charge in [-0.1, -0.05) is 37.3 Å². The normalized spacial score (nSPS) is 19.8. The van der Waals surface area contributed by atoms with Crippen LogP contribution in [0.25, 0.3) is 0 Å². The molecule has 5 rings (SSSR count). The largest absolute Gasteiger partial charge is 0.384 e. The molecule has 3 fully saturated rings. The number of rotatable bonds is 17. The van der Waals surface area contributed by atoms with Crippen LogP contribution in [0.1, 0.15) is 119 Å². The summed E-state index contributed by atoms with van der Waals surface area (Å²) in [6.45, 7) is 3.42. The van der Waals surface area contributed by atoms with Crippen LogP contribution in [0.2, 0.25) is 0 Å². The SMILES string of the molecule is CC(C)(O)c1cnnn1[C@H]1C[C@@H](C(=O)NC(CCCCNC(=O)NC2CC2)C(=O)C(N)=O)N(C(=O)C(CC2CCCCC2)NC(=O)c2ccc(C#N)cc2)C1. The summed E-state index contributed by atoms with van der Waals surface area (Å²) in [5.41, 5.74) is 5.02. The van der Waals surface area contributed by atoms with Gasteiger partial charge in [-0.15, -0.1) is 5.10 Å². The quantitative estimate of drug-likeness (QED) is 0.1000. The molecule has 0 radical (unpaired) electrons. The predicted molar refractivity (Wildman–Crippen MR) is 198 cm³/mol. The number of hydrogen-bond donors (Lipinski definition) is 6. The average Bonchev–Trinajstić information content (AvgIpc) is 3.62. The Labute approximate surface area is 320 Å². The van der Waals surface area contributed by atoms with E-state index in [0.29, 0.717) is 37.1 Å². The maximum atomic E-state index is 14.7. The molecule has 17 nitrogen and oxygen atoms in total. The first-order chi connectivity index (χ1) is 26.2. The Morgan fingerprint density at radius 3 is 2.35 bits per heavy atom. The van der Waals surface area contributed by atoms with Crippen LogP contribution in [0.4, 0.5) is 4.79 Å². The van der Waals surface area contributed by atoms with Crippen molar-refractivity contribution in [3.05, 3.63) is 47.3 Å². The van der Waals surface area contributed by atoms with Gasteiger partial charge in [0, 0.05) is 31.1 Å². The second-order valence-electron chi connectivity index (χ2n) is 15.4. The number of Topliss-reactive ketones (excluding diaryl/α,β-unsaturated/α-hetero) is 1. The number of hydrogen-bond acceptors (Lipinski definition) is 10. The Bertz CT molecular complexity index is 1760. The number of nitrogens with zero attached hydrogens (tertiary/aromatic N) is 5. The molecule has 2 heterocycles. The van der Waals surface area contributed by atoms with Crippen LogP contribution < -0.4 is 27.0 Å². The summed E-state index contributed by atoms with van der Waals surface area (Å²) < 4.78 is 1.48. The van der Waals surface area contributed by atoms with Crippen LogP contribution in [-0.2, 0) is 24.8 Å². The van der Waals surface area contributed by atoms with Crippen molar-refractivity contribution in [2.45, 2.75) is 127 Å². The van der Waals surface area contributed by atoms with Crippen LogP contribution in [-0.4, -0.2) is 97.7 Å². The first kappa shape index (κ1) is 40.8. The maximum Gasteiger partial charge on any atom is 0.315 e. The number of nitrogens with two attached hydrogens (primary N) is 1. The van der Waals surface area contributed by atoms with E-state index in [9.17, 15) is 39.1 Å². The molecular formula is C38H52N10O7. The van der Waals surface area contributed by atoms with Crippen molar-refractivity contribution >= 4 is 35.4 Å². The highest BCUT2D eigenvalue weighted by molar-refractivity contribution is 6.37. The highest BCUT2D eigenvalue weighted by Gasteiger charge is 2.45. The van der Waals surface area contributed by atoms with Crippen molar-refractivity contribution < 1.29 is 33.9 Å². The lowest BCUT2D eigenvalue weighted by Gasteiger charge is -2.32. The Hall–Kier alpha value is -5.37.